The Morgan fingerprint density at radius 1 is 0.857 bits per heavy atom. The van der Waals surface area contributed by atoms with Crippen LogP contribution in [0.25, 0.3) is 0 Å². The van der Waals surface area contributed by atoms with Crippen LogP contribution in [-0.2, 0) is 11.4 Å². The van der Waals surface area contributed by atoms with Crippen molar-refractivity contribution in [3.8, 4) is 17.2 Å². The molecule has 216 valence electrons. The van der Waals surface area contributed by atoms with Gasteiger partial charge in [-0.1, -0.05) is 59.6 Å². The molecule has 8 nitrogen and oxygen atoms in total. The molecule has 0 unspecified atom stereocenters. The topological polar surface area (TPSA) is 98.3 Å². The highest BCUT2D eigenvalue weighted by Crippen LogP contribution is 2.29. The molecule has 4 aromatic rings. The lowest BCUT2D eigenvalue weighted by atomic mass is 10.1. The van der Waals surface area contributed by atoms with E-state index in [2.05, 4.69) is 15.8 Å². The van der Waals surface area contributed by atoms with Gasteiger partial charge >= 0.3 is 0 Å². The molecule has 0 heterocycles. The van der Waals surface area contributed by atoms with Crippen LogP contribution in [0.2, 0.25) is 5.02 Å². The van der Waals surface area contributed by atoms with Crippen molar-refractivity contribution < 1.29 is 23.8 Å². The van der Waals surface area contributed by atoms with Gasteiger partial charge < -0.3 is 19.5 Å². The van der Waals surface area contributed by atoms with E-state index >= 15 is 0 Å². The van der Waals surface area contributed by atoms with E-state index in [1.165, 1.54) is 6.21 Å². The van der Waals surface area contributed by atoms with Gasteiger partial charge in [0.25, 0.3) is 11.8 Å². The van der Waals surface area contributed by atoms with Crippen molar-refractivity contribution >= 4 is 35.3 Å². The largest absolute Gasteiger partial charge is 0.490 e. The number of anilines is 1. The van der Waals surface area contributed by atoms with Crippen molar-refractivity contribution in [3.05, 3.63) is 118 Å². The van der Waals surface area contributed by atoms with E-state index in [4.69, 9.17) is 25.8 Å². The highest BCUT2D eigenvalue weighted by molar-refractivity contribution is 6.32. The number of rotatable bonds is 12. The van der Waals surface area contributed by atoms with Crippen LogP contribution in [0.15, 0.2) is 90.0 Å². The number of nitrogens with zero attached hydrogens (tertiary/aromatic N) is 1. The smallest absolute Gasteiger partial charge is 0.271 e. The normalized spacial score (nSPS) is 10.8. The lowest BCUT2D eigenvalue weighted by Gasteiger charge is -2.13. The summed E-state index contributed by atoms with van der Waals surface area (Å²) in [7, 11) is 0. The number of carbonyl (C=O) groups excluding carboxylic acids is 2. The molecule has 42 heavy (non-hydrogen) atoms. The lowest BCUT2D eigenvalue weighted by molar-refractivity contribution is -0.118. The van der Waals surface area contributed by atoms with Crippen LogP contribution in [0.1, 0.15) is 39.5 Å². The van der Waals surface area contributed by atoms with Crippen LogP contribution in [-0.4, -0.2) is 31.2 Å². The molecule has 0 aliphatic rings. The van der Waals surface area contributed by atoms with E-state index in [0.29, 0.717) is 46.6 Å². The summed E-state index contributed by atoms with van der Waals surface area (Å²) in [6.45, 7) is 6.38. The lowest BCUT2D eigenvalue weighted by Crippen LogP contribution is -2.20. The Hall–Kier alpha value is -4.82. The predicted molar refractivity (Wildman–Crippen MR) is 165 cm³/mol. The first kappa shape index (κ1) is 30.1. The maximum atomic E-state index is 12.7. The maximum absolute atomic E-state index is 12.7. The molecule has 0 aromatic heterocycles. The second-order valence-electron chi connectivity index (χ2n) is 9.41. The number of ether oxygens (including phenoxy) is 3. The molecular weight excluding hydrogens is 554 g/mol. The molecule has 0 atom stereocenters. The summed E-state index contributed by atoms with van der Waals surface area (Å²) >= 11 is 6.35. The molecule has 4 aromatic carbocycles. The number of aryl methyl sites for hydroxylation is 2. The van der Waals surface area contributed by atoms with Crippen LogP contribution >= 0.6 is 11.6 Å². The van der Waals surface area contributed by atoms with Crippen LogP contribution < -0.4 is 25.0 Å². The van der Waals surface area contributed by atoms with Gasteiger partial charge in [-0.05, 0) is 79.9 Å². The van der Waals surface area contributed by atoms with Crippen LogP contribution in [0.5, 0.6) is 17.2 Å². The summed E-state index contributed by atoms with van der Waals surface area (Å²) < 4.78 is 17.2. The van der Waals surface area contributed by atoms with Gasteiger partial charge in [-0.2, -0.15) is 5.10 Å². The van der Waals surface area contributed by atoms with Gasteiger partial charge in [-0.3, -0.25) is 9.59 Å². The minimum absolute atomic E-state index is 0.198. The molecule has 0 radical (unpaired) electrons. The predicted octanol–water partition coefficient (Wildman–Crippen LogP) is 6.72. The molecule has 0 spiro atoms. The third kappa shape index (κ3) is 8.59. The van der Waals surface area contributed by atoms with Crippen molar-refractivity contribution in [2.45, 2.75) is 27.4 Å². The maximum Gasteiger partial charge on any atom is 0.271 e. The molecular formula is C33H32ClN3O5. The third-order valence-electron chi connectivity index (χ3n) is 6.09. The fourth-order valence-corrected chi connectivity index (χ4v) is 4.24. The second kappa shape index (κ2) is 14.7. The molecule has 0 saturated heterocycles. The van der Waals surface area contributed by atoms with Crippen molar-refractivity contribution in [1.82, 2.24) is 5.43 Å². The molecule has 2 N–H and O–H groups in total. The number of carbonyl (C=O) groups is 2. The Bertz CT molecular complexity index is 1570. The molecule has 0 aliphatic heterocycles. The molecule has 4 rings (SSSR count). The summed E-state index contributed by atoms with van der Waals surface area (Å²) in [5, 5.41) is 7.17. The number of nitrogens with one attached hydrogen (secondary N) is 2. The SMILES string of the molecule is CCOc1cc(C(=O)N/N=C/c2ccc(OCC(=O)Nc3ccc(C)cc3C)c(Cl)c2)ccc1OCc1ccccc1. The number of benzene rings is 4. The first-order chi connectivity index (χ1) is 20.3. The molecule has 0 aliphatic carbocycles. The van der Waals surface area contributed by atoms with E-state index in [0.717, 1.165) is 22.4 Å². The van der Waals surface area contributed by atoms with E-state index in [9.17, 15) is 9.59 Å². The fourth-order valence-electron chi connectivity index (χ4n) is 4.00. The zero-order valence-corrected chi connectivity index (χ0v) is 24.4. The average Bonchev–Trinajstić information content (AvgIpc) is 2.98. The molecule has 0 saturated carbocycles. The number of hydrogen-bond donors (Lipinski definition) is 2. The summed E-state index contributed by atoms with van der Waals surface area (Å²) in [6, 6.07) is 25.5. The van der Waals surface area contributed by atoms with Crippen LogP contribution in [0.3, 0.4) is 0 Å². The molecule has 2 amide bonds. The first-order valence-electron chi connectivity index (χ1n) is 13.4. The Balaban J connectivity index is 1.30. The van der Waals surface area contributed by atoms with E-state index in [1.54, 1.807) is 36.4 Å². The van der Waals surface area contributed by atoms with Crippen molar-refractivity contribution in [2.75, 3.05) is 18.5 Å². The third-order valence-corrected chi connectivity index (χ3v) is 6.39. The molecule has 0 fully saturated rings. The standard InChI is InChI=1S/C33H32ClN3O5/c1-4-40-31-18-26(12-15-30(31)41-20-24-8-6-5-7-9-24)33(39)37-35-19-25-11-14-29(27(34)17-25)42-21-32(38)36-28-13-10-22(2)16-23(28)3/h5-19H,4,20-21H2,1-3H3,(H,36,38)(H,37,39)/b35-19+. The van der Waals surface area contributed by atoms with E-state index in [-0.39, 0.29) is 12.5 Å². The monoisotopic (exact) mass is 585 g/mol. The van der Waals surface area contributed by atoms with Gasteiger partial charge in [0.15, 0.2) is 18.1 Å². The summed E-state index contributed by atoms with van der Waals surface area (Å²) in [5.74, 6) is 0.652. The Kier molecular flexibility index (Phi) is 10.6. The van der Waals surface area contributed by atoms with Crippen molar-refractivity contribution in [3.63, 3.8) is 0 Å². The Labute approximate surface area is 250 Å². The second-order valence-corrected chi connectivity index (χ2v) is 9.82. The Morgan fingerprint density at radius 2 is 1.64 bits per heavy atom. The van der Waals surface area contributed by atoms with E-state index in [1.807, 2.05) is 69.3 Å². The molecule has 0 bridgehead atoms. The minimum Gasteiger partial charge on any atom is -0.490 e. The van der Waals surface area contributed by atoms with Gasteiger partial charge in [0, 0.05) is 11.3 Å². The molecule has 9 heteroatoms. The van der Waals surface area contributed by atoms with Crippen LogP contribution in [0, 0.1) is 13.8 Å². The quantitative estimate of drug-likeness (QED) is 0.142. The minimum atomic E-state index is -0.414. The van der Waals surface area contributed by atoms with E-state index < -0.39 is 5.91 Å². The number of amides is 2. The van der Waals surface area contributed by atoms with Gasteiger partial charge in [-0.15, -0.1) is 0 Å². The highest BCUT2D eigenvalue weighted by atomic mass is 35.5. The highest BCUT2D eigenvalue weighted by Gasteiger charge is 2.12. The zero-order valence-electron chi connectivity index (χ0n) is 23.6. The zero-order chi connectivity index (χ0) is 29.9. The number of hydrogen-bond acceptors (Lipinski definition) is 6. The summed E-state index contributed by atoms with van der Waals surface area (Å²) in [4.78, 5) is 25.1. The van der Waals surface area contributed by atoms with Gasteiger partial charge in [0.1, 0.15) is 12.4 Å². The number of halogens is 1. The van der Waals surface area contributed by atoms with Gasteiger partial charge in [0.05, 0.1) is 17.8 Å². The first-order valence-corrected chi connectivity index (χ1v) is 13.8. The van der Waals surface area contributed by atoms with Gasteiger partial charge in [-0.25, -0.2) is 5.43 Å². The van der Waals surface area contributed by atoms with Crippen molar-refractivity contribution in [2.24, 2.45) is 5.10 Å². The Morgan fingerprint density at radius 3 is 2.38 bits per heavy atom. The van der Waals surface area contributed by atoms with Crippen LogP contribution in [0.4, 0.5) is 5.69 Å². The summed E-state index contributed by atoms with van der Waals surface area (Å²) in [6.07, 6.45) is 1.46. The average molecular weight is 586 g/mol. The number of hydrazone groups is 1. The summed E-state index contributed by atoms with van der Waals surface area (Å²) in [5.41, 5.74) is 7.34. The fraction of sp³-hybridized carbons (Fsp3) is 0.182. The van der Waals surface area contributed by atoms with Crippen molar-refractivity contribution in [1.29, 1.82) is 0 Å². The van der Waals surface area contributed by atoms with Gasteiger partial charge in [0.2, 0.25) is 0 Å².